The summed E-state index contributed by atoms with van der Waals surface area (Å²) in [6.45, 7) is 5.89. The molecule has 3 aliphatic heterocycles. The van der Waals surface area contributed by atoms with Crippen LogP contribution in [0.2, 0.25) is 0 Å². The Bertz CT molecular complexity index is 696. The molecule has 2 fully saturated rings. The lowest BCUT2D eigenvalue weighted by molar-refractivity contribution is -0.955. The van der Waals surface area contributed by atoms with Crippen LogP contribution in [-0.4, -0.2) is 70.8 Å². The molecular formula is C19H28NO6+. The second-order valence-electron chi connectivity index (χ2n) is 8.08. The minimum Gasteiger partial charge on any atom is -0.459 e. The zero-order chi connectivity index (χ0) is 19.3. The highest BCUT2D eigenvalue weighted by Gasteiger charge is 2.65. The number of carbonyl (C=O) groups excluding carboxylic acids is 2. The highest BCUT2D eigenvalue weighted by molar-refractivity contribution is 5.89. The zero-order valence-corrected chi connectivity index (χ0v) is 15.8. The molecule has 0 aliphatic carbocycles. The summed E-state index contributed by atoms with van der Waals surface area (Å²) in [6.07, 6.45) is 3.49. The summed E-state index contributed by atoms with van der Waals surface area (Å²) in [7, 11) is 1.90. The number of hydrogen-bond donors (Lipinski definition) is 2. The second kappa shape index (κ2) is 6.18. The predicted octanol–water partition coefficient (Wildman–Crippen LogP) is 0.657. The van der Waals surface area contributed by atoms with Gasteiger partial charge < -0.3 is 19.7 Å². The van der Waals surface area contributed by atoms with Gasteiger partial charge in [0.1, 0.15) is 13.2 Å². The normalized spacial score (nSPS) is 45.3. The first kappa shape index (κ1) is 19.1. The Morgan fingerprint density at radius 3 is 2.69 bits per heavy atom. The maximum atomic E-state index is 12.7. The van der Waals surface area contributed by atoms with Gasteiger partial charge in [-0.05, 0) is 32.3 Å². The summed E-state index contributed by atoms with van der Waals surface area (Å²) in [5.41, 5.74) is -2.26. The van der Waals surface area contributed by atoms with Crippen molar-refractivity contribution in [2.75, 3.05) is 26.7 Å². The molecule has 0 radical (unpaired) electrons. The minimum absolute atomic E-state index is 0.128. The molecule has 0 amide bonds. The van der Waals surface area contributed by atoms with Crippen molar-refractivity contribution >= 4 is 11.9 Å². The SMILES string of the molecule is C/C=C1\C[C@@H](C)[C@@](C)(O)C(=O)OCC2=CC[N@@+]3(C)CC[C@@H](OC1=O)[C@@]23O. The lowest BCUT2D eigenvalue weighted by atomic mass is 9.85. The number of esters is 2. The van der Waals surface area contributed by atoms with Crippen molar-refractivity contribution in [3.8, 4) is 0 Å². The number of rotatable bonds is 0. The van der Waals surface area contributed by atoms with Crippen LogP contribution >= 0.6 is 0 Å². The fourth-order valence-electron chi connectivity index (χ4n) is 4.22. The second-order valence-corrected chi connectivity index (χ2v) is 8.08. The molecule has 0 bridgehead atoms. The molecule has 26 heavy (non-hydrogen) atoms. The van der Waals surface area contributed by atoms with E-state index in [4.69, 9.17) is 9.47 Å². The van der Waals surface area contributed by atoms with Crippen LogP contribution in [0.1, 0.15) is 33.6 Å². The highest BCUT2D eigenvalue weighted by Crippen LogP contribution is 2.45. The van der Waals surface area contributed by atoms with Gasteiger partial charge in [0.25, 0.3) is 5.72 Å². The van der Waals surface area contributed by atoms with E-state index in [0.717, 1.165) is 0 Å². The molecule has 0 aromatic heterocycles. The predicted molar refractivity (Wildman–Crippen MR) is 92.6 cm³/mol. The van der Waals surface area contributed by atoms with E-state index in [1.807, 2.05) is 13.1 Å². The van der Waals surface area contributed by atoms with E-state index in [1.165, 1.54) is 6.92 Å². The van der Waals surface area contributed by atoms with Crippen molar-refractivity contribution < 1.29 is 33.8 Å². The van der Waals surface area contributed by atoms with E-state index in [1.54, 1.807) is 19.9 Å². The molecular weight excluding hydrogens is 338 g/mol. The van der Waals surface area contributed by atoms with Crippen LogP contribution in [0.5, 0.6) is 0 Å². The largest absolute Gasteiger partial charge is 0.459 e. The number of aliphatic hydroxyl groups is 2. The first-order chi connectivity index (χ1) is 12.1. The third-order valence-electron chi connectivity index (χ3n) is 6.49. The Hall–Kier alpha value is -1.70. The molecule has 2 N–H and O–H groups in total. The smallest absolute Gasteiger partial charge is 0.338 e. The number of ether oxygens (including phenoxy) is 2. The van der Waals surface area contributed by atoms with E-state index in [9.17, 15) is 19.8 Å². The van der Waals surface area contributed by atoms with Crippen molar-refractivity contribution in [1.29, 1.82) is 0 Å². The van der Waals surface area contributed by atoms with Crippen molar-refractivity contribution in [3.05, 3.63) is 23.3 Å². The monoisotopic (exact) mass is 366 g/mol. The van der Waals surface area contributed by atoms with E-state index < -0.39 is 35.3 Å². The Morgan fingerprint density at radius 2 is 2.04 bits per heavy atom. The summed E-state index contributed by atoms with van der Waals surface area (Å²) in [5, 5.41) is 22.1. The van der Waals surface area contributed by atoms with Gasteiger partial charge in [-0.1, -0.05) is 13.0 Å². The average molecular weight is 366 g/mol. The Kier molecular flexibility index (Phi) is 4.53. The van der Waals surface area contributed by atoms with Crippen LogP contribution in [-0.2, 0) is 19.1 Å². The number of cyclic esters (lactones) is 1. The van der Waals surface area contributed by atoms with Crippen LogP contribution in [0.3, 0.4) is 0 Å². The quantitative estimate of drug-likeness (QED) is 0.283. The number of likely N-dealkylation sites (N-methyl/N-ethyl adjacent to an activating group) is 1. The summed E-state index contributed by atoms with van der Waals surface area (Å²) in [4.78, 5) is 25.2. The summed E-state index contributed by atoms with van der Waals surface area (Å²) in [6, 6.07) is 0. The Balaban J connectivity index is 2.01. The van der Waals surface area contributed by atoms with Crippen LogP contribution in [0.25, 0.3) is 0 Å². The first-order valence-corrected chi connectivity index (χ1v) is 9.08. The van der Waals surface area contributed by atoms with Crippen LogP contribution in [0, 0.1) is 5.92 Å². The molecule has 3 aliphatic rings. The van der Waals surface area contributed by atoms with Gasteiger partial charge in [-0.25, -0.2) is 9.59 Å². The van der Waals surface area contributed by atoms with Crippen LogP contribution < -0.4 is 0 Å². The van der Waals surface area contributed by atoms with Gasteiger partial charge in [0.15, 0.2) is 11.7 Å². The third-order valence-corrected chi connectivity index (χ3v) is 6.49. The Morgan fingerprint density at radius 1 is 1.35 bits per heavy atom. The average Bonchev–Trinajstić information content (AvgIpc) is 2.98. The van der Waals surface area contributed by atoms with Crippen LogP contribution in [0.4, 0.5) is 0 Å². The molecule has 3 rings (SSSR count). The zero-order valence-electron chi connectivity index (χ0n) is 15.8. The minimum atomic E-state index is -1.75. The van der Waals surface area contributed by atoms with Gasteiger partial charge in [0, 0.05) is 12.0 Å². The molecule has 144 valence electrons. The summed E-state index contributed by atoms with van der Waals surface area (Å²) < 4.78 is 11.4. The molecule has 3 heterocycles. The lowest BCUT2D eigenvalue weighted by Gasteiger charge is -2.40. The van der Waals surface area contributed by atoms with E-state index in [0.29, 0.717) is 35.1 Å². The van der Waals surface area contributed by atoms with Gasteiger partial charge in [0.05, 0.1) is 19.2 Å². The van der Waals surface area contributed by atoms with Crippen molar-refractivity contribution in [1.82, 2.24) is 0 Å². The fraction of sp³-hybridized carbons (Fsp3) is 0.684. The molecule has 5 atom stereocenters. The van der Waals surface area contributed by atoms with Crippen LogP contribution in [0.15, 0.2) is 23.3 Å². The van der Waals surface area contributed by atoms with E-state index in [-0.39, 0.29) is 13.0 Å². The van der Waals surface area contributed by atoms with Crippen molar-refractivity contribution in [3.63, 3.8) is 0 Å². The van der Waals surface area contributed by atoms with Gasteiger partial charge in [0.2, 0.25) is 0 Å². The molecule has 0 saturated carbocycles. The fourth-order valence-corrected chi connectivity index (χ4v) is 4.22. The number of allylic oxidation sites excluding steroid dienone is 1. The van der Waals surface area contributed by atoms with Gasteiger partial charge in [-0.3, -0.25) is 4.48 Å². The van der Waals surface area contributed by atoms with Gasteiger partial charge >= 0.3 is 11.9 Å². The molecule has 0 spiro atoms. The first-order valence-electron chi connectivity index (χ1n) is 9.08. The molecule has 0 aromatic carbocycles. The van der Waals surface area contributed by atoms with E-state index >= 15 is 0 Å². The number of nitrogens with zero attached hydrogens (tertiary/aromatic N) is 1. The highest BCUT2D eigenvalue weighted by atomic mass is 16.6. The van der Waals surface area contributed by atoms with Crippen molar-refractivity contribution in [2.24, 2.45) is 5.92 Å². The van der Waals surface area contributed by atoms with Crippen molar-refractivity contribution in [2.45, 2.75) is 51.0 Å². The molecule has 0 aromatic rings. The van der Waals surface area contributed by atoms with Gasteiger partial charge in [-0.2, -0.15) is 0 Å². The maximum absolute atomic E-state index is 12.7. The third kappa shape index (κ3) is 2.61. The topological polar surface area (TPSA) is 93.1 Å². The molecule has 0 unspecified atom stereocenters. The standard InChI is InChI=1S/C19H28NO6/c1-5-13-10-12(2)18(3,23)17(22)25-11-14-6-8-20(4)9-7-15(19(14,20)24)26-16(13)21/h5-6,12,15,23-24H,7-11H2,1-4H3/q+1/b13-5+/t12-,15-,18-,19+,20+/m1/s1. The molecule has 2 saturated heterocycles. The number of hydrogen-bond acceptors (Lipinski definition) is 6. The number of quaternary nitrogens is 1. The van der Waals surface area contributed by atoms with Gasteiger partial charge in [-0.15, -0.1) is 0 Å². The lowest BCUT2D eigenvalue weighted by Crippen LogP contribution is -2.61. The summed E-state index contributed by atoms with van der Waals surface area (Å²) in [5.74, 6) is -1.80. The number of carbonyl (C=O) groups is 2. The maximum Gasteiger partial charge on any atom is 0.338 e. The summed E-state index contributed by atoms with van der Waals surface area (Å²) >= 11 is 0. The molecule has 7 nitrogen and oxygen atoms in total. The molecule has 7 heteroatoms. The Labute approximate surface area is 153 Å². The van der Waals surface area contributed by atoms with E-state index in [2.05, 4.69) is 0 Å².